The Morgan fingerprint density at radius 3 is 2.41 bits per heavy atom. The lowest BCUT2D eigenvalue weighted by Crippen LogP contribution is -2.31. The molecule has 0 unspecified atom stereocenters. The number of nitrogens with one attached hydrogen (secondary N) is 1. The molecule has 0 saturated heterocycles. The molecule has 1 aromatic heterocycles. The fourth-order valence-corrected chi connectivity index (χ4v) is 2.82. The van der Waals surface area contributed by atoms with Crippen molar-refractivity contribution in [1.29, 1.82) is 0 Å². The Morgan fingerprint density at radius 2 is 1.82 bits per heavy atom. The molecule has 0 spiro atoms. The molecule has 0 aliphatic rings. The van der Waals surface area contributed by atoms with Crippen LogP contribution in [0.3, 0.4) is 0 Å². The molecule has 0 atom stereocenters. The van der Waals surface area contributed by atoms with Gasteiger partial charge in [0.05, 0.1) is 24.2 Å². The molecule has 0 aliphatic carbocycles. The summed E-state index contributed by atoms with van der Waals surface area (Å²) in [5.41, 5.74) is 2.06. The van der Waals surface area contributed by atoms with Crippen LogP contribution < -0.4 is 4.74 Å². The number of benzene rings is 1. The Bertz CT molecular complexity index is 579. The Labute approximate surface area is 133 Å². The molecule has 1 N–H and O–H groups in total. The molecule has 1 aromatic carbocycles. The van der Waals surface area contributed by atoms with Gasteiger partial charge in [0.25, 0.3) is 0 Å². The number of hydrogen-bond acceptors (Lipinski definition) is 3. The molecule has 0 saturated carbocycles. The van der Waals surface area contributed by atoms with Gasteiger partial charge in [-0.15, -0.1) is 0 Å². The highest BCUT2D eigenvalue weighted by Gasteiger charge is 2.13. The van der Waals surface area contributed by atoms with Gasteiger partial charge in [0.15, 0.2) is 0 Å². The van der Waals surface area contributed by atoms with Gasteiger partial charge in [-0.2, -0.15) is 0 Å². The zero-order valence-corrected chi connectivity index (χ0v) is 14.5. The summed E-state index contributed by atoms with van der Waals surface area (Å²) in [7, 11) is 0. The maximum atomic E-state index is 5.55. The van der Waals surface area contributed by atoms with Crippen LogP contribution in [0, 0.1) is 11.8 Å². The lowest BCUT2D eigenvalue weighted by Gasteiger charge is -2.25. The average molecular weight is 303 g/mol. The van der Waals surface area contributed by atoms with E-state index in [9.17, 15) is 0 Å². The number of aromatic amines is 1. The van der Waals surface area contributed by atoms with Crippen molar-refractivity contribution in [2.75, 3.05) is 19.7 Å². The van der Waals surface area contributed by atoms with Crippen molar-refractivity contribution in [2.24, 2.45) is 11.8 Å². The van der Waals surface area contributed by atoms with Crippen LogP contribution in [0.1, 0.15) is 40.4 Å². The van der Waals surface area contributed by atoms with E-state index >= 15 is 0 Å². The van der Waals surface area contributed by atoms with Crippen LogP contribution in [-0.2, 0) is 6.54 Å². The van der Waals surface area contributed by atoms with Crippen LogP contribution >= 0.6 is 0 Å². The van der Waals surface area contributed by atoms with E-state index in [0.717, 1.165) is 42.2 Å². The second-order valence-corrected chi connectivity index (χ2v) is 6.78. The van der Waals surface area contributed by atoms with E-state index in [4.69, 9.17) is 9.72 Å². The molecule has 0 amide bonds. The smallest absolute Gasteiger partial charge is 0.121 e. The zero-order chi connectivity index (χ0) is 16.1. The average Bonchev–Trinajstić information content (AvgIpc) is 2.78. The van der Waals surface area contributed by atoms with Gasteiger partial charge in [0, 0.05) is 19.2 Å². The highest BCUT2D eigenvalue weighted by Crippen LogP contribution is 2.20. The van der Waals surface area contributed by atoms with E-state index in [1.165, 1.54) is 0 Å². The number of H-pyrrole nitrogens is 1. The number of ether oxygens (including phenoxy) is 1. The molecule has 4 nitrogen and oxygen atoms in total. The SMILES string of the molecule is CCOc1ccc2nc(CN(CC(C)C)CC(C)C)[nH]c2c1. The first-order chi connectivity index (χ1) is 10.5. The Balaban J connectivity index is 2.14. The van der Waals surface area contributed by atoms with Crippen molar-refractivity contribution in [1.82, 2.24) is 14.9 Å². The number of hydrogen-bond donors (Lipinski definition) is 1. The van der Waals surface area contributed by atoms with Crippen LogP contribution in [0.15, 0.2) is 18.2 Å². The quantitative estimate of drug-likeness (QED) is 0.799. The molecule has 1 heterocycles. The highest BCUT2D eigenvalue weighted by molar-refractivity contribution is 5.76. The minimum Gasteiger partial charge on any atom is -0.494 e. The minimum absolute atomic E-state index is 0.660. The highest BCUT2D eigenvalue weighted by atomic mass is 16.5. The lowest BCUT2D eigenvalue weighted by atomic mass is 10.1. The molecule has 2 aromatic rings. The summed E-state index contributed by atoms with van der Waals surface area (Å²) < 4.78 is 5.55. The number of nitrogens with zero attached hydrogens (tertiary/aromatic N) is 2. The lowest BCUT2D eigenvalue weighted by molar-refractivity contribution is 0.207. The maximum absolute atomic E-state index is 5.55. The first-order valence-corrected chi connectivity index (χ1v) is 8.31. The predicted molar refractivity (Wildman–Crippen MR) is 92.2 cm³/mol. The largest absolute Gasteiger partial charge is 0.494 e. The minimum atomic E-state index is 0.660. The summed E-state index contributed by atoms with van der Waals surface area (Å²) in [6, 6.07) is 6.04. The normalized spacial score (nSPS) is 12.0. The molecule has 122 valence electrons. The van der Waals surface area contributed by atoms with E-state index in [2.05, 4.69) is 37.6 Å². The molecule has 0 fully saturated rings. The van der Waals surface area contributed by atoms with Crippen molar-refractivity contribution < 1.29 is 4.74 Å². The summed E-state index contributed by atoms with van der Waals surface area (Å²) in [4.78, 5) is 10.6. The fraction of sp³-hybridized carbons (Fsp3) is 0.611. The molecule has 0 radical (unpaired) electrons. The third-order valence-electron chi connectivity index (χ3n) is 3.43. The first kappa shape index (κ1) is 16.8. The summed E-state index contributed by atoms with van der Waals surface area (Å²) in [5.74, 6) is 3.25. The van der Waals surface area contributed by atoms with Crippen molar-refractivity contribution in [3.8, 4) is 5.75 Å². The Hall–Kier alpha value is -1.55. The van der Waals surface area contributed by atoms with Crippen LogP contribution in [0.4, 0.5) is 0 Å². The summed E-state index contributed by atoms with van der Waals surface area (Å²) >= 11 is 0. The monoisotopic (exact) mass is 303 g/mol. The summed E-state index contributed by atoms with van der Waals surface area (Å²) in [5, 5.41) is 0. The molecule has 22 heavy (non-hydrogen) atoms. The Kier molecular flexibility index (Phi) is 5.83. The van der Waals surface area contributed by atoms with Crippen LogP contribution in [-0.4, -0.2) is 34.6 Å². The van der Waals surface area contributed by atoms with Gasteiger partial charge in [0.2, 0.25) is 0 Å². The number of rotatable bonds is 8. The molecular weight excluding hydrogens is 274 g/mol. The van der Waals surface area contributed by atoms with Gasteiger partial charge in [-0.3, -0.25) is 4.90 Å². The standard InChI is InChI=1S/C18H29N3O/c1-6-22-15-7-8-16-17(9-15)20-18(19-16)12-21(10-13(2)3)11-14(4)5/h7-9,13-14H,6,10-12H2,1-5H3,(H,19,20). The van der Waals surface area contributed by atoms with Crippen molar-refractivity contribution in [2.45, 2.75) is 41.2 Å². The van der Waals surface area contributed by atoms with E-state index in [-0.39, 0.29) is 0 Å². The second-order valence-electron chi connectivity index (χ2n) is 6.78. The molecule has 2 rings (SSSR count). The maximum Gasteiger partial charge on any atom is 0.121 e. The third kappa shape index (κ3) is 4.73. The second kappa shape index (κ2) is 7.63. The van der Waals surface area contributed by atoms with Crippen molar-refractivity contribution in [3.05, 3.63) is 24.0 Å². The molecule has 0 bridgehead atoms. The van der Waals surface area contributed by atoms with Crippen LogP contribution in [0.5, 0.6) is 5.75 Å². The predicted octanol–water partition coefficient (Wildman–Crippen LogP) is 4.08. The Morgan fingerprint density at radius 1 is 1.14 bits per heavy atom. The number of aromatic nitrogens is 2. The molecular formula is C18H29N3O. The fourth-order valence-electron chi connectivity index (χ4n) is 2.82. The van der Waals surface area contributed by atoms with E-state index in [1.54, 1.807) is 0 Å². The summed E-state index contributed by atoms with van der Waals surface area (Å²) in [6.45, 7) is 14.8. The van der Waals surface area contributed by atoms with Crippen LogP contribution in [0.25, 0.3) is 11.0 Å². The van der Waals surface area contributed by atoms with Gasteiger partial charge in [0.1, 0.15) is 11.6 Å². The van der Waals surface area contributed by atoms with Gasteiger partial charge in [-0.1, -0.05) is 27.7 Å². The van der Waals surface area contributed by atoms with Gasteiger partial charge >= 0.3 is 0 Å². The van der Waals surface area contributed by atoms with E-state index < -0.39 is 0 Å². The first-order valence-electron chi connectivity index (χ1n) is 8.31. The number of imidazole rings is 1. The van der Waals surface area contributed by atoms with E-state index in [1.807, 2.05) is 25.1 Å². The van der Waals surface area contributed by atoms with Gasteiger partial charge in [-0.25, -0.2) is 4.98 Å². The van der Waals surface area contributed by atoms with Crippen molar-refractivity contribution in [3.63, 3.8) is 0 Å². The van der Waals surface area contributed by atoms with Crippen molar-refractivity contribution >= 4 is 11.0 Å². The van der Waals surface area contributed by atoms with Gasteiger partial charge < -0.3 is 9.72 Å². The van der Waals surface area contributed by atoms with Gasteiger partial charge in [-0.05, 0) is 30.9 Å². The van der Waals surface area contributed by atoms with E-state index in [0.29, 0.717) is 18.4 Å². The molecule has 0 aliphatic heterocycles. The summed E-state index contributed by atoms with van der Waals surface area (Å²) in [6.07, 6.45) is 0. The van der Waals surface area contributed by atoms with Crippen LogP contribution in [0.2, 0.25) is 0 Å². The third-order valence-corrected chi connectivity index (χ3v) is 3.43. The topological polar surface area (TPSA) is 41.1 Å². The zero-order valence-electron chi connectivity index (χ0n) is 14.5. The molecule has 4 heteroatoms. The number of fused-ring (bicyclic) bond motifs is 1.